The van der Waals surface area contributed by atoms with Gasteiger partial charge in [0, 0.05) is 37.6 Å². The predicted molar refractivity (Wildman–Crippen MR) is 117 cm³/mol. The van der Waals surface area contributed by atoms with Crippen molar-refractivity contribution in [2.45, 2.75) is 19.0 Å². The van der Waals surface area contributed by atoms with Crippen LogP contribution in [-0.2, 0) is 11.3 Å². The summed E-state index contributed by atoms with van der Waals surface area (Å²) in [7, 11) is 0. The van der Waals surface area contributed by atoms with Gasteiger partial charge in [0.05, 0.1) is 10.0 Å². The minimum Gasteiger partial charge on any atom is -0.459 e. The van der Waals surface area contributed by atoms with Gasteiger partial charge in [-0.05, 0) is 58.6 Å². The normalized spacial score (nSPS) is 16.1. The number of thioether (sulfide) groups is 1. The van der Waals surface area contributed by atoms with Crippen molar-refractivity contribution in [3.05, 3.63) is 45.0 Å². The number of carbonyl (C=O) groups is 2. The van der Waals surface area contributed by atoms with Crippen LogP contribution in [0.5, 0.6) is 0 Å². The van der Waals surface area contributed by atoms with Crippen LogP contribution in [0.15, 0.2) is 38.7 Å². The third-order valence-electron chi connectivity index (χ3n) is 4.65. The van der Waals surface area contributed by atoms with Crippen LogP contribution in [0.2, 0.25) is 0 Å². The SMILES string of the molecule is CSCCC(NC(=O)c1ccco1)C(=O)N1CCN(Cc2ccc(Br)s2)CC1. The Morgan fingerprint density at radius 3 is 2.68 bits per heavy atom. The summed E-state index contributed by atoms with van der Waals surface area (Å²) in [4.78, 5) is 30.9. The van der Waals surface area contributed by atoms with Crippen molar-refractivity contribution in [1.82, 2.24) is 15.1 Å². The van der Waals surface area contributed by atoms with Gasteiger partial charge in [0.2, 0.25) is 5.91 Å². The number of nitrogens with zero attached hydrogens (tertiary/aromatic N) is 2. The van der Waals surface area contributed by atoms with E-state index in [0.29, 0.717) is 19.5 Å². The Balaban J connectivity index is 1.54. The van der Waals surface area contributed by atoms with E-state index in [0.717, 1.165) is 29.2 Å². The summed E-state index contributed by atoms with van der Waals surface area (Å²) in [6.07, 6.45) is 4.06. The second kappa shape index (κ2) is 10.5. The summed E-state index contributed by atoms with van der Waals surface area (Å²) in [5.41, 5.74) is 0. The van der Waals surface area contributed by atoms with Gasteiger partial charge in [-0.2, -0.15) is 11.8 Å². The Morgan fingerprint density at radius 2 is 2.07 bits per heavy atom. The molecule has 6 nitrogen and oxygen atoms in total. The first-order valence-electron chi connectivity index (χ1n) is 9.15. The highest BCUT2D eigenvalue weighted by molar-refractivity contribution is 9.11. The highest BCUT2D eigenvalue weighted by Crippen LogP contribution is 2.23. The third kappa shape index (κ3) is 5.85. The monoisotopic (exact) mass is 485 g/mol. The fourth-order valence-corrected chi connectivity index (χ4v) is 5.13. The van der Waals surface area contributed by atoms with Crippen LogP contribution in [0.1, 0.15) is 21.9 Å². The zero-order chi connectivity index (χ0) is 19.9. The molecular formula is C19H24BrN3O3S2. The zero-order valence-corrected chi connectivity index (χ0v) is 18.9. The molecule has 0 saturated carbocycles. The first kappa shape index (κ1) is 21.4. The van der Waals surface area contributed by atoms with Crippen molar-refractivity contribution >= 4 is 50.8 Å². The molecule has 152 valence electrons. The van der Waals surface area contributed by atoms with Crippen molar-refractivity contribution in [1.29, 1.82) is 0 Å². The van der Waals surface area contributed by atoms with Gasteiger partial charge in [-0.15, -0.1) is 11.3 Å². The second-order valence-electron chi connectivity index (χ2n) is 6.59. The van der Waals surface area contributed by atoms with Crippen LogP contribution < -0.4 is 5.32 Å². The van der Waals surface area contributed by atoms with Crippen molar-refractivity contribution in [3.8, 4) is 0 Å². The van der Waals surface area contributed by atoms with E-state index in [1.807, 2.05) is 11.2 Å². The average Bonchev–Trinajstić information content (AvgIpc) is 3.37. The van der Waals surface area contributed by atoms with Crippen molar-refractivity contribution < 1.29 is 14.0 Å². The van der Waals surface area contributed by atoms with E-state index in [-0.39, 0.29) is 17.6 Å². The fraction of sp³-hybridized carbons (Fsp3) is 0.474. The van der Waals surface area contributed by atoms with Crippen LogP contribution in [0.4, 0.5) is 0 Å². The summed E-state index contributed by atoms with van der Waals surface area (Å²) < 4.78 is 6.29. The van der Waals surface area contributed by atoms with Gasteiger partial charge < -0.3 is 14.6 Å². The molecule has 9 heteroatoms. The van der Waals surface area contributed by atoms with Crippen LogP contribution in [0, 0.1) is 0 Å². The highest BCUT2D eigenvalue weighted by Gasteiger charge is 2.29. The summed E-state index contributed by atoms with van der Waals surface area (Å²) in [5.74, 6) is 0.690. The predicted octanol–water partition coefficient (Wildman–Crippen LogP) is 3.30. The first-order valence-corrected chi connectivity index (χ1v) is 12.2. The van der Waals surface area contributed by atoms with Gasteiger partial charge in [0.1, 0.15) is 6.04 Å². The molecule has 1 aliphatic heterocycles. The third-order valence-corrected chi connectivity index (χ3v) is 6.90. The summed E-state index contributed by atoms with van der Waals surface area (Å²) in [6, 6.07) is 6.95. The van der Waals surface area contributed by atoms with Gasteiger partial charge in [-0.3, -0.25) is 14.5 Å². The number of piperazine rings is 1. The van der Waals surface area contributed by atoms with E-state index in [4.69, 9.17) is 4.42 Å². The Bertz CT molecular complexity index is 773. The van der Waals surface area contributed by atoms with Crippen LogP contribution in [0.25, 0.3) is 0 Å². The lowest BCUT2D eigenvalue weighted by Crippen LogP contribution is -2.54. The van der Waals surface area contributed by atoms with E-state index >= 15 is 0 Å². The molecule has 0 aromatic carbocycles. The van der Waals surface area contributed by atoms with Crippen molar-refractivity contribution in [2.24, 2.45) is 0 Å². The molecule has 28 heavy (non-hydrogen) atoms. The quantitative estimate of drug-likeness (QED) is 0.621. The van der Waals surface area contributed by atoms with Crippen molar-refractivity contribution in [3.63, 3.8) is 0 Å². The highest BCUT2D eigenvalue weighted by atomic mass is 79.9. The largest absolute Gasteiger partial charge is 0.459 e. The molecule has 1 fully saturated rings. The van der Waals surface area contributed by atoms with Crippen LogP contribution >= 0.6 is 39.0 Å². The molecule has 0 bridgehead atoms. The van der Waals surface area contributed by atoms with Crippen molar-refractivity contribution in [2.75, 3.05) is 38.2 Å². The second-order valence-corrected chi connectivity index (χ2v) is 10.1. The van der Waals surface area contributed by atoms with Crippen LogP contribution in [0.3, 0.4) is 0 Å². The molecule has 1 N–H and O–H groups in total. The summed E-state index contributed by atoms with van der Waals surface area (Å²) in [6.45, 7) is 3.93. The van der Waals surface area contributed by atoms with E-state index in [1.165, 1.54) is 11.1 Å². The minimum atomic E-state index is -0.523. The number of halogens is 1. The molecule has 1 atom stereocenters. The van der Waals surface area contributed by atoms with E-state index < -0.39 is 6.04 Å². The Labute approximate surface area is 181 Å². The maximum absolute atomic E-state index is 13.0. The molecule has 0 aliphatic carbocycles. The molecule has 0 radical (unpaired) electrons. The number of nitrogens with one attached hydrogen (secondary N) is 1. The average molecular weight is 486 g/mol. The van der Waals surface area contributed by atoms with Gasteiger partial charge in [-0.25, -0.2) is 0 Å². The lowest BCUT2D eigenvalue weighted by molar-refractivity contribution is -0.135. The maximum Gasteiger partial charge on any atom is 0.287 e. The standard InChI is InChI=1S/C19H24BrN3O3S2/c1-27-12-6-15(21-18(24)16-3-2-11-26-16)19(25)23-9-7-22(8-10-23)13-14-4-5-17(20)28-14/h2-5,11,15H,6-10,12-13H2,1H3,(H,21,24). The van der Waals surface area contributed by atoms with E-state index in [2.05, 4.69) is 38.3 Å². The number of hydrogen-bond donors (Lipinski definition) is 1. The van der Waals surface area contributed by atoms with Gasteiger partial charge >= 0.3 is 0 Å². The fourth-order valence-electron chi connectivity index (χ4n) is 3.13. The molecule has 0 spiro atoms. The number of thiophene rings is 1. The molecule has 3 heterocycles. The molecule has 2 aromatic rings. The van der Waals surface area contributed by atoms with E-state index in [1.54, 1.807) is 35.2 Å². The Hall–Kier alpha value is -1.29. The number of rotatable bonds is 8. The minimum absolute atomic E-state index is 0.00697. The number of amides is 2. The molecule has 2 aromatic heterocycles. The lowest BCUT2D eigenvalue weighted by Gasteiger charge is -2.36. The van der Waals surface area contributed by atoms with Crippen LogP contribution in [-0.4, -0.2) is 65.8 Å². The first-order chi connectivity index (χ1) is 13.6. The van der Waals surface area contributed by atoms with Gasteiger partial charge in [0.25, 0.3) is 5.91 Å². The molecule has 1 aliphatic rings. The zero-order valence-electron chi connectivity index (χ0n) is 15.7. The smallest absolute Gasteiger partial charge is 0.287 e. The Morgan fingerprint density at radius 1 is 1.29 bits per heavy atom. The van der Waals surface area contributed by atoms with E-state index in [9.17, 15) is 9.59 Å². The Kier molecular flexibility index (Phi) is 8.01. The molecule has 2 amide bonds. The number of furan rings is 1. The molecule has 1 saturated heterocycles. The topological polar surface area (TPSA) is 65.8 Å². The van der Waals surface area contributed by atoms with Gasteiger partial charge in [-0.1, -0.05) is 0 Å². The lowest BCUT2D eigenvalue weighted by atomic mass is 10.1. The maximum atomic E-state index is 13.0. The molecule has 1 unspecified atom stereocenters. The molecule has 3 rings (SSSR count). The number of carbonyl (C=O) groups excluding carboxylic acids is 2. The van der Waals surface area contributed by atoms with Gasteiger partial charge in [0.15, 0.2) is 5.76 Å². The summed E-state index contributed by atoms with van der Waals surface area (Å²) >= 11 is 6.91. The molecular weight excluding hydrogens is 462 g/mol. The number of hydrogen-bond acceptors (Lipinski definition) is 6. The summed E-state index contributed by atoms with van der Waals surface area (Å²) in [5, 5.41) is 2.85.